The maximum atomic E-state index is 8.77. The fourth-order valence-electron chi connectivity index (χ4n) is 1.63. The van der Waals surface area contributed by atoms with Crippen molar-refractivity contribution >= 4 is 5.84 Å². The number of nitrogens with two attached hydrogens (primary N) is 1. The zero-order valence-corrected chi connectivity index (χ0v) is 12.4. The molecule has 3 N–H and O–H groups in total. The molecular weight excluding hydrogens is 276 g/mol. The zero-order chi connectivity index (χ0) is 15.5. The van der Waals surface area contributed by atoms with E-state index in [2.05, 4.69) is 5.16 Å². The number of nitrogens with zero attached hydrogens (tertiary/aromatic N) is 1. The summed E-state index contributed by atoms with van der Waals surface area (Å²) in [5.74, 6) is 1.08. The standard InChI is InChI=1S/C14H22N2O5/c1-18-6-3-7-20-8-9-21-13-10-11(19-2)4-5-12(13)14(15)16-17/h4-5,10,17H,3,6-9H2,1-2H3,(H2,15,16). The van der Waals surface area contributed by atoms with Gasteiger partial charge in [-0.05, 0) is 18.6 Å². The van der Waals surface area contributed by atoms with Gasteiger partial charge in [0.15, 0.2) is 5.84 Å². The number of oxime groups is 1. The predicted octanol–water partition coefficient (Wildman–Crippen LogP) is 1.22. The summed E-state index contributed by atoms with van der Waals surface area (Å²) in [6.07, 6.45) is 0.838. The number of hydrogen-bond acceptors (Lipinski definition) is 6. The SMILES string of the molecule is COCCCOCCOc1cc(OC)ccc1/C(N)=N/O. The van der Waals surface area contributed by atoms with Crippen molar-refractivity contribution in [2.24, 2.45) is 10.9 Å². The van der Waals surface area contributed by atoms with Gasteiger partial charge >= 0.3 is 0 Å². The van der Waals surface area contributed by atoms with Crippen LogP contribution < -0.4 is 15.2 Å². The van der Waals surface area contributed by atoms with Crippen LogP contribution in [0.1, 0.15) is 12.0 Å². The number of rotatable bonds is 10. The second-order valence-corrected chi connectivity index (χ2v) is 4.15. The molecule has 0 aliphatic heterocycles. The van der Waals surface area contributed by atoms with Crippen molar-refractivity contribution in [2.45, 2.75) is 6.42 Å². The fourth-order valence-corrected chi connectivity index (χ4v) is 1.63. The van der Waals surface area contributed by atoms with E-state index in [1.807, 2.05) is 0 Å². The topological polar surface area (TPSA) is 95.5 Å². The van der Waals surface area contributed by atoms with E-state index in [0.29, 0.717) is 43.5 Å². The van der Waals surface area contributed by atoms with E-state index in [4.69, 9.17) is 29.9 Å². The minimum atomic E-state index is -0.0198. The Balaban J connectivity index is 2.52. The first-order valence-electron chi connectivity index (χ1n) is 6.58. The number of methoxy groups -OCH3 is 2. The highest BCUT2D eigenvalue weighted by Gasteiger charge is 2.10. The third kappa shape index (κ3) is 5.88. The minimum absolute atomic E-state index is 0.0198. The Morgan fingerprint density at radius 3 is 2.67 bits per heavy atom. The molecular formula is C14H22N2O5. The van der Waals surface area contributed by atoms with Crippen LogP contribution in [0.5, 0.6) is 11.5 Å². The molecule has 1 aromatic carbocycles. The molecule has 0 spiro atoms. The van der Waals surface area contributed by atoms with Gasteiger partial charge in [0.05, 0.1) is 19.3 Å². The molecule has 0 unspecified atom stereocenters. The molecule has 0 atom stereocenters. The molecule has 0 radical (unpaired) electrons. The molecule has 21 heavy (non-hydrogen) atoms. The summed E-state index contributed by atoms with van der Waals surface area (Å²) in [6.45, 7) is 2.08. The molecule has 0 saturated heterocycles. The maximum Gasteiger partial charge on any atom is 0.173 e. The van der Waals surface area contributed by atoms with Crippen molar-refractivity contribution in [3.05, 3.63) is 23.8 Å². The molecule has 0 aliphatic carbocycles. The Labute approximate surface area is 124 Å². The molecule has 0 saturated carbocycles. The first-order valence-corrected chi connectivity index (χ1v) is 6.58. The number of benzene rings is 1. The lowest BCUT2D eigenvalue weighted by Gasteiger charge is -2.12. The summed E-state index contributed by atoms with van der Waals surface area (Å²) in [6, 6.07) is 5.06. The van der Waals surface area contributed by atoms with Gasteiger partial charge in [-0.2, -0.15) is 0 Å². The molecule has 1 rings (SSSR count). The Morgan fingerprint density at radius 1 is 1.19 bits per heavy atom. The van der Waals surface area contributed by atoms with Crippen LogP contribution in [0.4, 0.5) is 0 Å². The summed E-state index contributed by atoms with van der Waals surface area (Å²) in [5, 5.41) is 11.8. The van der Waals surface area contributed by atoms with Crippen molar-refractivity contribution in [3.8, 4) is 11.5 Å². The minimum Gasteiger partial charge on any atom is -0.497 e. The number of amidine groups is 1. The molecule has 7 heteroatoms. The number of hydrogen-bond donors (Lipinski definition) is 2. The van der Waals surface area contributed by atoms with Gasteiger partial charge in [0.1, 0.15) is 18.1 Å². The lowest BCUT2D eigenvalue weighted by Crippen LogP contribution is -2.16. The first kappa shape index (κ1) is 17.1. The maximum absolute atomic E-state index is 8.77. The molecule has 0 bridgehead atoms. The van der Waals surface area contributed by atoms with Crippen molar-refractivity contribution in [1.82, 2.24) is 0 Å². The van der Waals surface area contributed by atoms with Crippen LogP contribution in [-0.2, 0) is 9.47 Å². The smallest absolute Gasteiger partial charge is 0.173 e. The van der Waals surface area contributed by atoms with Crippen LogP contribution in [0.3, 0.4) is 0 Å². The van der Waals surface area contributed by atoms with Crippen LogP contribution in [0.2, 0.25) is 0 Å². The van der Waals surface area contributed by atoms with Gasteiger partial charge in [-0.1, -0.05) is 5.16 Å². The first-order chi connectivity index (χ1) is 10.2. The van der Waals surface area contributed by atoms with Gasteiger partial charge in [0, 0.05) is 26.4 Å². The number of ether oxygens (including phenoxy) is 4. The average molecular weight is 298 g/mol. The van der Waals surface area contributed by atoms with Crippen molar-refractivity contribution < 1.29 is 24.2 Å². The summed E-state index contributed by atoms with van der Waals surface area (Å²) in [5.41, 5.74) is 6.10. The quantitative estimate of drug-likeness (QED) is 0.222. The Kier molecular flexibility index (Phi) is 8.00. The Hall–Kier alpha value is -1.99. The highest BCUT2D eigenvalue weighted by molar-refractivity contribution is 5.99. The molecule has 118 valence electrons. The van der Waals surface area contributed by atoms with Gasteiger partial charge in [-0.3, -0.25) is 0 Å². The summed E-state index contributed by atoms with van der Waals surface area (Å²) >= 11 is 0. The highest BCUT2D eigenvalue weighted by Crippen LogP contribution is 2.24. The third-order valence-corrected chi connectivity index (χ3v) is 2.69. The molecule has 0 aliphatic rings. The highest BCUT2D eigenvalue weighted by atomic mass is 16.5. The largest absolute Gasteiger partial charge is 0.497 e. The summed E-state index contributed by atoms with van der Waals surface area (Å²) in [4.78, 5) is 0. The Bertz CT molecular complexity index is 451. The van der Waals surface area contributed by atoms with E-state index >= 15 is 0 Å². The molecule has 0 heterocycles. The monoisotopic (exact) mass is 298 g/mol. The zero-order valence-electron chi connectivity index (χ0n) is 12.4. The van der Waals surface area contributed by atoms with Gasteiger partial charge in [-0.15, -0.1) is 0 Å². The van der Waals surface area contributed by atoms with Crippen LogP contribution in [-0.4, -0.2) is 51.7 Å². The van der Waals surface area contributed by atoms with Gasteiger partial charge in [0.2, 0.25) is 0 Å². The second kappa shape index (κ2) is 9.84. The van der Waals surface area contributed by atoms with E-state index in [1.165, 1.54) is 0 Å². The van der Waals surface area contributed by atoms with E-state index in [9.17, 15) is 0 Å². The third-order valence-electron chi connectivity index (χ3n) is 2.69. The second-order valence-electron chi connectivity index (χ2n) is 4.15. The normalized spacial score (nSPS) is 11.4. The van der Waals surface area contributed by atoms with Crippen LogP contribution in [0.25, 0.3) is 0 Å². The van der Waals surface area contributed by atoms with Crippen LogP contribution in [0, 0.1) is 0 Å². The predicted molar refractivity (Wildman–Crippen MR) is 78.3 cm³/mol. The Morgan fingerprint density at radius 2 is 2.00 bits per heavy atom. The van der Waals surface area contributed by atoms with Gasteiger partial charge < -0.3 is 29.9 Å². The van der Waals surface area contributed by atoms with Crippen LogP contribution in [0.15, 0.2) is 23.4 Å². The van der Waals surface area contributed by atoms with E-state index in [0.717, 1.165) is 6.42 Å². The van der Waals surface area contributed by atoms with Crippen molar-refractivity contribution in [2.75, 3.05) is 40.6 Å². The molecule has 0 fully saturated rings. The van der Waals surface area contributed by atoms with Gasteiger partial charge in [0.25, 0.3) is 0 Å². The van der Waals surface area contributed by atoms with Crippen molar-refractivity contribution in [1.29, 1.82) is 0 Å². The molecule has 7 nitrogen and oxygen atoms in total. The fraction of sp³-hybridized carbons (Fsp3) is 0.500. The lowest BCUT2D eigenvalue weighted by atomic mass is 10.2. The molecule has 0 amide bonds. The van der Waals surface area contributed by atoms with E-state index in [-0.39, 0.29) is 5.84 Å². The molecule has 1 aromatic rings. The van der Waals surface area contributed by atoms with Gasteiger partial charge in [-0.25, -0.2) is 0 Å². The van der Waals surface area contributed by atoms with E-state index < -0.39 is 0 Å². The lowest BCUT2D eigenvalue weighted by molar-refractivity contribution is 0.0805. The molecule has 0 aromatic heterocycles. The van der Waals surface area contributed by atoms with Crippen molar-refractivity contribution in [3.63, 3.8) is 0 Å². The van der Waals surface area contributed by atoms with Crippen LogP contribution >= 0.6 is 0 Å². The summed E-state index contributed by atoms with van der Waals surface area (Å²) < 4.78 is 21.0. The summed E-state index contributed by atoms with van der Waals surface area (Å²) in [7, 11) is 3.21. The average Bonchev–Trinajstić information content (AvgIpc) is 2.53. The van der Waals surface area contributed by atoms with E-state index in [1.54, 1.807) is 32.4 Å².